The number of hydrogen-bond donors (Lipinski definition) is 1. The number of hydrogen-bond acceptors (Lipinski definition) is 5. The molecule has 0 bridgehead atoms. The summed E-state index contributed by atoms with van der Waals surface area (Å²) in [5.74, 6) is 0.884. The SMILES string of the molecule is CCNC(=NCc1cccc(N2CC=CC2)c1)N(C)Cc1csc(C(C)OC)n1. The van der Waals surface area contributed by atoms with Crippen LogP contribution in [0.1, 0.15) is 36.2 Å². The van der Waals surface area contributed by atoms with E-state index < -0.39 is 0 Å². The van der Waals surface area contributed by atoms with Crippen molar-refractivity contribution in [1.29, 1.82) is 0 Å². The third kappa shape index (κ3) is 5.81. The largest absolute Gasteiger partial charge is 0.375 e. The molecule has 156 valence electrons. The Morgan fingerprint density at radius 3 is 2.90 bits per heavy atom. The molecule has 0 amide bonds. The Balaban J connectivity index is 1.66. The zero-order chi connectivity index (χ0) is 20.6. The van der Waals surface area contributed by atoms with Gasteiger partial charge in [0.1, 0.15) is 11.1 Å². The molecule has 0 saturated carbocycles. The number of nitrogens with zero attached hydrogens (tertiary/aromatic N) is 4. The summed E-state index contributed by atoms with van der Waals surface area (Å²) < 4.78 is 5.37. The van der Waals surface area contributed by atoms with Gasteiger partial charge in [-0.3, -0.25) is 0 Å². The Labute approximate surface area is 177 Å². The molecule has 0 spiro atoms. The Morgan fingerprint density at radius 1 is 1.38 bits per heavy atom. The highest BCUT2D eigenvalue weighted by Crippen LogP contribution is 2.21. The third-order valence-corrected chi connectivity index (χ3v) is 5.93. The summed E-state index contributed by atoms with van der Waals surface area (Å²) in [6.45, 7) is 8.25. The van der Waals surface area contributed by atoms with Crippen molar-refractivity contribution in [3.8, 4) is 0 Å². The van der Waals surface area contributed by atoms with E-state index in [0.29, 0.717) is 13.1 Å². The smallest absolute Gasteiger partial charge is 0.194 e. The first-order valence-corrected chi connectivity index (χ1v) is 10.9. The molecule has 1 unspecified atom stereocenters. The van der Waals surface area contributed by atoms with Gasteiger partial charge < -0.3 is 19.9 Å². The van der Waals surface area contributed by atoms with Crippen LogP contribution in [0.15, 0.2) is 46.8 Å². The molecule has 6 nitrogen and oxygen atoms in total. The quantitative estimate of drug-likeness (QED) is 0.405. The zero-order valence-corrected chi connectivity index (χ0v) is 18.6. The van der Waals surface area contributed by atoms with E-state index in [1.54, 1.807) is 18.4 Å². The fourth-order valence-electron chi connectivity index (χ4n) is 3.18. The summed E-state index contributed by atoms with van der Waals surface area (Å²) in [4.78, 5) is 14.0. The molecule has 2 heterocycles. The van der Waals surface area contributed by atoms with Crippen LogP contribution in [-0.2, 0) is 17.8 Å². The molecule has 1 aliphatic rings. The molecule has 3 rings (SSSR count). The lowest BCUT2D eigenvalue weighted by Gasteiger charge is -2.21. The zero-order valence-electron chi connectivity index (χ0n) is 17.8. The minimum Gasteiger partial charge on any atom is -0.375 e. The molecule has 0 saturated heterocycles. The standard InChI is InChI=1S/C22H31N5OS/c1-5-23-22(26(3)15-19-16-29-21(25-19)17(2)28-4)24-14-18-9-8-10-20(13-18)27-11-6-7-12-27/h6-10,13,16-17H,5,11-12,14-15H2,1-4H3,(H,23,24). The summed E-state index contributed by atoms with van der Waals surface area (Å²) in [6.07, 6.45) is 4.44. The molecule has 1 N–H and O–H groups in total. The summed E-state index contributed by atoms with van der Waals surface area (Å²) in [5.41, 5.74) is 3.50. The van der Waals surface area contributed by atoms with E-state index in [0.717, 1.165) is 36.3 Å². The number of anilines is 1. The second kappa shape index (κ2) is 10.4. The van der Waals surface area contributed by atoms with Crippen molar-refractivity contribution in [2.75, 3.05) is 38.7 Å². The number of nitrogens with one attached hydrogen (secondary N) is 1. The molecule has 0 fully saturated rings. The van der Waals surface area contributed by atoms with E-state index in [1.807, 2.05) is 14.0 Å². The minimum absolute atomic E-state index is 0.0269. The van der Waals surface area contributed by atoms with E-state index >= 15 is 0 Å². The first kappa shape index (κ1) is 21.3. The highest BCUT2D eigenvalue weighted by Gasteiger charge is 2.13. The van der Waals surface area contributed by atoms with Crippen LogP contribution in [-0.4, -0.2) is 49.6 Å². The van der Waals surface area contributed by atoms with Crippen LogP contribution in [0.25, 0.3) is 0 Å². The summed E-state index contributed by atoms with van der Waals surface area (Å²) in [7, 11) is 3.76. The van der Waals surface area contributed by atoms with Gasteiger partial charge in [0, 0.05) is 44.9 Å². The molecule has 1 aromatic heterocycles. The molecule has 1 atom stereocenters. The predicted octanol–water partition coefficient (Wildman–Crippen LogP) is 3.82. The van der Waals surface area contributed by atoms with Crippen LogP contribution < -0.4 is 10.2 Å². The van der Waals surface area contributed by atoms with Gasteiger partial charge in [-0.1, -0.05) is 24.3 Å². The van der Waals surface area contributed by atoms with Gasteiger partial charge in [0.25, 0.3) is 0 Å². The Kier molecular flexibility index (Phi) is 7.66. The molecule has 1 aliphatic heterocycles. The number of aromatic nitrogens is 1. The second-order valence-electron chi connectivity index (χ2n) is 7.13. The van der Waals surface area contributed by atoms with Crippen LogP contribution in [0.2, 0.25) is 0 Å². The second-order valence-corrected chi connectivity index (χ2v) is 8.02. The lowest BCUT2D eigenvalue weighted by Crippen LogP contribution is -2.38. The Bertz CT molecular complexity index is 839. The normalized spacial score (nSPS) is 15.0. The van der Waals surface area contributed by atoms with Crippen molar-refractivity contribution in [2.45, 2.75) is 33.0 Å². The lowest BCUT2D eigenvalue weighted by atomic mass is 10.2. The average Bonchev–Trinajstić information content (AvgIpc) is 3.43. The summed E-state index contributed by atoms with van der Waals surface area (Å²) in [5, 5.41) is 6.49. The molecular formula is C22H31N5OS. The maximum absolute atomic E-state index is 5.37. The van der Waals surface area contributed by atoms with Gasteiger partial charge in [0.05, 0.1) is 18.8 Å². The van der Waals surface area contributed by atoms with Crippen molar-refractivity contribution >= 4 is 23.0 Å². The molecule has 1 aromatic carbocycles. The summed E-state index contributed by atoms with van der Waals surface area (Å²) >= 11 is 1.64. The van der Waals surface area contributed by atoms with Crippen LogP contribution in [0.4, 0.5) is 5.69 Å². The number of aliphatic imine (C=N–C) groups is 1. The van der Waals surface area contributed by atoms with Gasteiger partial charge >= 0.3 is 0 Å². The maximum atomic E-state index is 5.37. The van der Waals surface area contributed by atoms with E-state index in [1.165, 1.54) is 11.3 Å². The summed E-state index contributed by atoms with van der Waals surface area (Å²) in [6, 6.07) is 8.65. The maximum Gasteiger partial charge on any atom is 0.194 e. The van der Waals surface area contributed by atoms with Gasteiger partial charge in [-0.15, -0.1) is 11.3 Å². The van der Waals surface area contributed by atoms with Gasteiger partial charge in [0.2, 0.25) is 0 Å². The van der Waals surface area contributed by atoms with Crippen LogP contribution in [0, 0.1) is 0 Å². The molecule has 2 aromatic rings. The van der Waals surface area contributed by atoms with Crippen LogP contribution in [0.5, 0.6) is 0 Å². The number of benzene rings is 1. The highest BCUT2D eigenvalue weighted by atomic mass is 32.1. The highest BCUT2D eigenvalue weighted by molar-refractivity contribution is 7.09. The fourth-order valence-corrected chi connectivity index (χ4v) is 4.02. The molecule has 0 aliphatic carbocycles. The van der Waals surface area contributed by atoms with Crippen molar-refractivity contribution in [3.63, 3.8) is 0 Å². The number of rotatable bonds is 8. The van der Waals surface area contributed by atoms with Crippen molar-refractivity contribution in [1.82, 2.24) is 15.2 Å². The first-order valence-electron chi connectivity index (χ1n) is 10.1. The topological polar surface area (TPSA) is 53.0 Å². The van der Waals surface area contributed by atoms with Crippen molar-refractivity contribution in [3.05, 3.63) is 58.1 Å². The van der Waals surface area contributed by atoms with Gasteiger partial charge in [0.15, 0.2) is 5.96 Å². The van der Waals surface area contributed by atoms with Crippen molar-refractivity contribution in [2.24, 2.45) is 4.99 Å². The van der Waals surface area contributed by atoms with E-state index in [-0.39, 0.29) is 6.10 Å². The predicted molar refractivity (Wildman–Crippen MR) is 122 cm³/mol. The first-order chi connectivity index (χ1) is 14.1. The molecular weight excluding hydrogens is 382 g/mol. The number of methoxy groups -OCH3 is 1. The Morgan fingerprint density at radius 2 is 2.17 bits per heavy atom. The monoisotopic (exact) mass is 413 g/mol. The van der Waals surface area contributed by atoms with Crippen molar-refractivity contribution < 1.29 is 4.74 Å². The van der Waals surface area contributed by atoms with Crippen LogP contribution >= 0.6 is 11.3 Å². The van der Waals surface area contributed by atoms with Gasteiger partial charge in [-0.25, -0.2) is 9.98 Å². The minimum atomic E-state index is 0.0269. The number of guanidine groups is 1. The van der Waals surface area contributed by atoms with E-state index in [4.69, 9.17) is 14.7 Å². The third-order valence-electron chi connectivity index (χ3n) is 4.87. The fraction of sp³-hybridized carbons (Fsp3) is 0.455. The lowest BCUT2D eigenvalue weighted by molar-refractivity contribution is 0.119. The van der Waals surface area contributed by atoms with E-state index in [9.17, 15) is 0 Å². The van der Waals surface area contributed by atoms with Gasteiger partial charge in [-0.05, 0) is 31.5 Å². The van der Waals surface area contributed by atoms with Gasteiger partial charge in [-0.2, -0.15) is 0 Å². The average molecular weight is 414 g/mol. The molecule has 29 heavy (non-hydrogen) atoms. The van der Waals surface area contributed by atoms with E-state index in [2.05, 4.69) is 63.8 Å². The number of thiazole rings is 1. The Hall–Kier alpha value is -2.38. The van der Waals surface area contributed by atoms with Crippen LogP contribution in [0.3, 0.4) is 0 Å². The molecule has 7 heteroatoms. The number of ether oxygens (including phenoxy) is 1. The molecule has 0 radical (unpaired) electrons.